The van der Waals surface area contributed by atoms with Gasteiger partial charge in [0.25, 0.3) is 0 Å². The van der Waals surface area contributed by atoms with Crippen molar-refractivity contribution in [3.63, 3.8) is 0 Å². The molecule has 0 aliphatic heterocycles. The highest BCUT2D eigenvalue weighted by molar-refractivity contribution is 7.99. The van der Waals surface area contributed by atoms with Crippen molar-refractivity contribution >= 4 is 35.3 Å². The molecular weight excluding hydrogens is 480 g/mol. The van der Waals surface area contributed by atoms with Gasteiger partial charge in [-0.15, -0.1) is 0 Å². The molecule has 0 aromatic heterocycles. The number of aliphatic hydroxyl groups is 2. The van der Waals surface area contributed by atoms with Crippen molar-refractivity contribution in [2.24, 2.45) is 0 Å². The number of hydrogen-bond acceptors (Lipinski definition) is 9. The van der Waals surface area contributed by atoms with Crippen LogP contribution in [0.5, 0.6) is 11.5 Å². The molecule has 2 unspecified atom stereocenters. The Labute approximate surface area is 209 Å². The topological polar surface area (TPSA) is 77.4 Å². The number of benzene rings is 2. The van der Waals surface area contributed by atoms with Gasteiger partial charge in [0.1, 0.15) is 36.9 Å². The Bertz CT molecular complexity index is 681. The predicted octanol–water partition coefficient (Wildman–Crippen LogP) is 4.08. The molecule has 184 valence electrons. The summed E-state index contributed by atoms with van der Waals surface area (Å²) in [7, 11) is 0. The summed E-state index contributed by atoms with van der Waals surface area (Å²) in [6.45, 7) is 2.22. The summed E-state index contributed by atoms with van der Waals surface area (Å²) in [5, 5.41) is 19.8. The smallest absolute Gasteiger partial charge is 0.119 e. The summed E-state index contributed by atoms with van der Waals surface area (Å²) < 4.78 is 22.0. The molecule has 2 atom stereocenters. The van der Waals surface area contributed by atoms with E-state index in [2.05, 4.69) is 0 Å². The van der Waals surface area contributed by atoms with Crippen molar-refractivity contribution in [2.45, 2.75) is 22.0 Å². The van der Waals surface area contributed by atoms with Gasteiger partial charge >= 0.3 is 0 Å². The fraction of sp³-hybridized carbons (Fsp3) is 0.500. The minimum atomic E-state index is -0.643. The van der Waals surface area contributed by atoms with E-state index in [1.807, 2.05) is 61.0 Å². The molecule has 9 heteroatoms. The first-order chi connectivity index (χ1) is 16.1. The van der Waals surface area contributed by atoms with Gasteiger partial charge in [-0.1, -0.05) is 11.8 Å². The molecule has 33 heavy (non-hydrogen) atoms. The molecular formula is C24H34O6S3. The standard InChI is InChI=1S/C24H34O6S3/c1-31-13-11-27-15-19(25)17-29-21-3-7-23(8-4-21)33-24-9-5-22(6-10-24)30-18-20(26)16-28-12-14-32-2/h3-10,19-20,25-26H,11-18H2,1-2H3. The Balaban J connectivity index is 1.68. The first-order valence-electron chi connectivity index (χ1n) is 10.7. The normalized spacial score (nSPS) is 13.0. The second-order valence-electron chi connectivity index (χ2n) is 7.11. The van der Waals surface area contributed by atoms with Crippen molar-refractivity contribution < 1.29 is 29.2 Å². The van der Waals surface area contributed by atoms with E-state index in [0.717, 1.165) is 21.3 Å². The zero-order valence-corrected chi connectivity index (χ0v) is 21.6. The van der Waals surface area contributed by atoms with Crippen LogP contribution >= 0.6 is 35.3 Å². The van der Waals surface area contributed by atoms with E-state index in [1.54, 1.807) is 35.3 Å². The number of ether oxygens (including phenoxy) is 4. The molecule has 2 aromatic rings. The first kappa shape index (κ1) is 28.2. The van der Waals surface area contributed by atoms with Gasteiger partial charge in [-0.2, -0.15) is 23.5 Å². The van der Waals surface area contributed by atoms with E-state index in [4.69, 9.17) is 18.9 Å². The average Bonchev–Trinajstić information content (AvgIpc) is 2.84. The van der Waals surface area contributed by atoms with Crippen molar-refractivity contribution in [3.8, 4) is 11.5 Å². The Kier molecular flexibility index (Phi) is 14.8. The molecule has 0 saturated heterocycles. The van der Waals surface area contributed by atoms with Gasteiger partial charge in [-0.3, -0.25) is 0 Å². The van der Waals surface area contributed by atoms with Gasteiger partial charge in [-0.05, 0) is 61.0 Å². The molecule has 6 nitrogen and oxygen atoms in total. The van der Waals surface area contributed by atoms with Gasteiger partial charge in [0.2, 0.25) is 0 Å². The summed E-state index contributed by atoms with van der Waals surface area (Å²) >= 11 is 5.06. The Morgan fingerprint density at radius 2 is 1.03 bits per heavy atom. The molecule has 0 amide bonds. The predicted molar refractivity (Wildman–Crippen MR) is 138 cm³/mol. The number of hydrogen-bond donors (Lipinski definition) is 2. The Morgan fingerprint density at radius 3 is 1.39 bits per heavy atom. The fourth-order valence-electron chi connectivity index (χ4n) is 2.55. The van der Waals surface area contributed by atoms with Crippen LogP contribution in [-0.4, -0.2) is 86.1 Å². The lowest BCUT2D eigenvalue weighted by Crippen LogP contribution is -2.24. The van der Waals surface area contributed by atoms with E-state index in [0.29, 0.717) is 24.7 Å². The highest BCUT2D eigenvalue weighted by Crippen LogP contribution is 2.30. The zero-order chi connectivity index (χ0) is 23.7. The van der Waals surface area contributed by atoms with Crippen LogP contribution in [0.1, 0.15) is 0 Å². The molecule has 0 heterocycles. The van der Waals surface area contributed by atoms with Crippen LogP contribution in [0.4, 0.5) is 0 Å². The molecule has 0 spiro atoms. The van der Waals surface area contributed by atoms with E-state index in [-0.39, 0.29) is 26.4 Å². The summed E-state index contributed by atoms with van der Waals surface area (Å²) in [4.78, 5) is 2.16. The highest BCUT2D eigenvalue weighted by Gasteiger charge is 2.07. The molecule has 0 radical (unpaired) electrons. The monoisotopic (exact) mass is 514 g/mol. The minimum absolute atomic E-state index is 0.200. The molecule has 0 bridgehead atoms. The van der Waals surface area contributed by atoms with Crippen LogP contribution in [0, 0.1) is 0 Å². The molecule has 2 aromatic carbocycles. The van der Waals surface area contributed by atoms with E-state index >= 15 is 0 Å². The molecule has 2 N–H and O–H groups in total. The summed E-state index contributed by atoms with van der Waals surface area (Å²) in [5.41, 5.74) is 0. The van der Waals surface area contributed by atoms with Crippen molar-refractivity contribution in [1.82, 2.24) is 0 Å². The fourth-order valence-corrected chi connectivity index (χ4v) is 3.93. The molecule has 0 aliphatic rings. The van der Waals surface area contributed by atoms with Crippen LogP contribution < -0.4 is 9.47 Å². The number of rotatable bonds is 18. The van der Waals surface area contributed by atoms with Crippen LogP contribution in [-0.2, 0) is 9.47 Å². The molecule has 0 fully saturated rings. The second kappa shape index (κ2) is 17.4. The van der Waals surface area contributed by atoms with Crippen LogP contribution in [0.2, 0.25) is 0 Å². The lowest BCUT2D eigenvalue weighted by Gasteiger charge is -2.13. The highest BCUT2D eigenvalue weighted by atomic mass is 32.2. The third-order valence-electron chi connectivity index (χ3n) is 4.25. The van der Waals surface area contributed by atoms with Crippen molar-refractivity contribution in [1.29, 1.82) is 0 Å². The lowest BCUT2D eigenvalue weighted by atomic mass is 10.3. The van der Waals surface area contributed by atoms with Gasteiger partial charge in [0.05, 0.1) is 26.4 Å². The lowest BCUT2D eigenvalue weighted by molar-refractivity contribution is 0.0173. The average molecular weight is 515 g/mol. The van der Waals surface area contributed by atoms with Crippen LogP contribution in [0.3, 0.4) is 0 Å². The quantitative estimate of drug-likeness (QED) is 0.286. The van der Waals surface area contributed by atoms with Crippen molar-refractivity contribution in [3.05, 3.63) is 48.5 Å². The largest absolute Gasteiger partial charge is 0.491 e. The van der Waals surface area contributed by atoms with E-state index in [1.165, 1.54) is 0 Å². The van der Waals surface area contributed by atoms with Crippen LogP contribution in [0.15, 0.2) is 58.3 Å². The maximum atomic E-state index is 9.92. The Morgan fingerprint density at radius 1 is 0.636 bits per heavy atom. The second-order valence-corrected chi connectivity index (χ2v) is 10.2. The van der Waals surface area contributed by atoms with E-state index < -0.39 is 12.2 Å². The van der Waals surface area contributed by atoms with Gasteiger partial charge in [0.15, 0.2) is 0 Å². The maximum Gasteiger partial charge on any atom is 0.119 e. The summed E-state index contributed by atoms with van der Waals surface area (Å²) in [6.07, 6.45) is 2.76. The van der Waals surface area contributed by atoms with E-state index in [9.17, 15) is 10.2 Å². The molecule has 2 rings (SSSR count). The first-order valence-corrected chi connectivity index (χ1v) is 14.3. The number of thioether (sulfide) groups is 2. The molecule has 0 aliphatic carbocycles. The molecule has 0 saturated carbocycles. The van der Waals surface area contributed by atoms with Crippen molar-refractivity contribution in [2.75, 3.05) is 63.7 Å². The maximum absolute atomic E-state index is 9.92. The number of aliphatic hydroxyl groups excluding tert-OH is 2. The zero-order valence-electron chi connectivity index (χ0n) is 19.2. The third-order valence-corrected chi connectivity index (χ3v) is 6.42. The SMILES string of the molecule is CSCCOCC(O)COc1ccc(Sc2ccc(OCC(O)COCCSC)cc2)cc1. The van der Waals surface area contributed by atoms with Crippen LogP contribution in [0.25, 0.3) is 0 Å². The van der Waals surface area contributed by atoms with Gasteiger partial charge in [0, 0.05) is 21.3 Å². The summed E-state index contributed by atoms with van der Waals surface area (Å²) in [5.74, 6) is 3.25. The van der Waals surface area contributed by atoms with Gasteiger partial charge < -0.3 is 29.2 Å². The Hall–Kier alpha value is -1.07. The third kappa shape index (κ3) is 12.8. The van der Waals surface area contributed by atoms with Gasteiger partial charge in [-0.25, -0.2) is 0 Å². The minimum Gasteiger partial charge on any atom is -0.491 e. The summed E-state index contributed by atoms with van der Waals surface area (Å²) in [6, 6.07) is 15.5.